The monoisotopic (exact) mass is 654 g/mol. The zero-order valence-corrected chi connectivity index (χ0v) is 26.5. The third-order valence-corrected chi connectivity index (χ3v) is 6.52. The Bertz CT molecular complexity index is 1200. The van der Waals surface area contributed by atoms with E-state index in [9.17, 15) is 43.1 Å². The number of aliphatic hydroxyl groups excluding tert-OH is 1. The van der Waals surface area contributed by atoms with Gasteiger partial charge in [-0.1, -0.05) is 44.2 Å². The number of carbonyl (C=O) groups is 7. The first kappa shape index (κ1) is 39.4. The molecule has 0 aliphatic rings. The van der Waals surface area contributed by atoms with Crippen LogP contribution >= 0.6 is 0 Å². The van der Waals surface area contributed by atoms with Crippen molar-refractivity contribution < 1.29 is 57.3 Å². The molecule has 5 atom stereocenters. The molecule has 46 heavy (non-hydrogen) atoms. The number of methoxy groups -OCH3 is 2. The highest BCUT2D eigenvalue weighted by molar-refractivity contribution is 5.97. The number of ketones is 1. The van der Waals surface area contributed by atoms with Gasteiger partial charge in [0.1, 0.15) is 37.4 Å². The summed E-state index contributed by atoms with van der Waals surface area (Å²) in [4.78, 5) is 87.6. The van der Waals surface area contributed by atoms with E-state index in [1.54, 1.807) is 44.2 Å². The second-order valence-electron chi connectivity index (χ2n) is 10.7. The summed E-state index contributed by atoms with van der Waals surface area (Å²) in [5, 5.41) is 19.6. The predicted octanol–water partition coefficient (Wildman–Crippen LogP) is 0.218. The molecule has 0 heterocycles. The fourth-order valence-corrected chi connectivity index (χ4v) is 4.02. The lowest BCUT2D eigenvalue weighted by atomic mass is 10.0. The van der Waals surface area contributed by atoms with Crippen LogP contribution in [0.1, 0.15) is 52.0 Å². The Labute approximate surface area is 266 Å². The number of alkyl carbamates (subject to hydrolysis) is 1. The van der Waals surface area contributed by atoms with Gasteiger partial charge in [0, 0.05) is 6.42 Å². The molecule has 16 heteroatoms. The molecule has 0 aromatic heterocycles. The maximum Gasteiger partial charge on any atom is 0.408 e. The van der Waals surface area contributed by atoms with Gasteiger partial charge in [0.15, 0.2) is 5.78 Å². The molecule has 0 aliphatic heterocycles. The van der Waals surface area contributed by atoms with E-state index in [4.69, 9.17) is 4.74 Å². The first-order chi connectivity index (χ1) is 21.7. The van der Waals surface area contributed by atoms with Crippen molar-refractivity contribution in [1.82, 2.24) is 21.3 Å². The van der Waals surface area contributed by atoms with Gasteiger partial charge in [0.2, 0.25) is 17.7 Å². The number of hydrogen-bond acceptors (Lipinski definition) is 11. The Balaban J connectivity index is 3.13. The highest BCUT2D eigenvalue weighted by Crippen LogP contribution is 2.10. The van der Waals surface area contributed by atoms with Crippen LogP contribution in [0.2, 0.25) is 0 Å². The molecule has 4 amide bonds. The van der Waals surface area contributed by atoms with Gasteiger partial charge in [-0.15, -0.1) is 0 Å². The second-order valence-corrected chi connectivity index (χ2v) is 10.7. The number of benzene rings is 1. The number of aliphatic hydroxyl groups is 1. The largest absolute Gasteiger partial charge is 0.469 e. The van der Waals surface area contributed by atoms with Crippen LogP contribution in [0.3, 0.4) is 0 Å². The van der Waals surface area contributed by atoms with Crippen molar-refractivity contribution in [2.24, 2.45) is 5.92 Å². The van der Waals surface area contributed by atoms with Crippen LogP contribution in [-0.2, 0) is 49.6 Å². The number of Topliss-reactive ketones (excluding diaryl/α,β-unsaturated/α-hetero) is 1. The molecule has 256 valence electrons. The topological polar surface area (TPSA) is 216 Å². The van der Waals surface area contributed by atoms with Crippen molar-refractivity contribution in [1.29, 1.82) is 0 Å². The van der Waals surface area contributed by atoms with Crippen molar-refractivity contribution in [2.75, 3.05) is 20.9 Å². The molecule has 0 aliphatic carbocycles. The van der Waals surface area contributed by atoms with E-state index in [-0.39, 0.29) is 31.8 Å². The first-order valence-electron chi connectivity index (χ1n) is 14.5. The quantitative estimate of drug-likeness (QED) is 0.100. The average molecular weight is 655 g/mol. The number of hydrogen-bond donors (Lipinski definition) is 5. The van der Waals surface area contributed by atoms with Gasteiger partial charge < -0.3 is 40.6 Å². The number of esters is 2. The number of halogens is 1. The third-order valence-electron chi connectivity index (χ3n) is 6.52. The minimum Gasteiger partial charge on any atom is -0.469 e. The fourth-order valence-electron chi connectivity index (χ4n) is 4.02. The Morgan fingerprint density at radius 2 is 1.37 bits per heavy atom. The summed E-state index contributed by atoms with van der Waals surface area (Å²) in [5.41, 5.74) is 0.712. The summed E-state index contributed by atoms with van der Waals surface area (Å²) in [7, 11) is 2.15. The molecule has 5 unspecified atom stereocenters. The van der Waals surface area contributed by atoms with Gasteiger partial charge in [-0.25, -0.2) is 9.18 Å². The number of nitrogens with one attached hydrogen (secondary N) is 4. The van der Waals surface area contributed by atoms with Gasteiger partial charge in [0.25, 0.3) is 0 Å². The number of amides is 4. The number of alkyl halides is 1. The molecule has 5 N–H and O–H groups in total. The minimum atomic E-state index is -1.74. The molecule has 0 saturated heterocycles. The van der Waals surface area contributed by atoms with Crippen molar-refractivity contribution in [3.8, 4) is 0 Å². The molecular weight excluding hydrogens is 611 g/mol. The van der Waals surface area contributed by atoms with E-state index in [0.717, 1.165) is 21.1 Å². The molecule has 1 rings (SSSR count). The van der Waals surface area contributed by atoms with Crippen LogP contribution < -0.4 is 21.3 Å². The second kappa shape index (κ2) is 20.4. The molecule has 0 spiro atoms. The third kappa shape index (κ3) is 14.5. The molecule has 1 aromatic carbocycles. The maximum absolute atomic E-state index is 13.3. The Hall–Kier alpha value is -4.60. The van der Waals surface area contributed by atoms with Crippen LogP contribution in [0.5, 0.6) is 0 Å². The maximum atomic E-state index is 13.3. The van der Waals surface area contributed by atoms with Crippen LogP contribution in [-0.4, -0.2) is 97.8 Å². The van der Waals surface area contributed by atoms with Crippen molar-refractivity contribution in [2.45, 2.75) is 83.3 Å². The molecule has 15 nitrogen and oxygen atoms in total. The first-order valence-corrected chi connectivity index (χ1v) is 14.5. The number of carbonyl (C=O) groups excluding carboxylic acids is 7. The van der Waals surface area contributed by atoms with Crippen LogP contribution in [0.25, 0.3) is 0 Å². The van der Waals surface area contributed by atoms with E-state index in [0.29, 0.717) is 5.56 Å². The highest BCUT2D eigenvalue weighted by atomic mass is 19.1. The Morgan fingerprint density at radius 3 is 1.91 bits per heavy atom. The highest BCUT2D eigenvalue weighted by Gasteiger charge is 2.34. The van der Waals surface area contributed by atoms with Crippen molar-refractivity contribution in [3.05, 3.63) is 35.9 Å². The van der Waals surface area contributed by atoms with Crippen LogP contribution in [0.15, 0.2) is 30.3 Å². The van der Waals surface area contributed by atoms with Crippen LogP contribution in [0.4, 0.5) is 9.18 Å². The molecular formula is C30H43FN4O11. The fraction of sp³-hybridized carbons (Fsp3) is 0.567. The number of rotatable bonds is 19. The summed E-state index contributed by atoms with van der Waals surface area (Å²) < 4.78 is 27.4. The van der Waals surface area contributed by atoms with Crippen molar-refractivity contribution in [3.63, 3.8) is 0 Å². The lowest BCUT2D eigenvalue weighted by Crippen LogP contribution is -2.60. The number of ether oxygens (including phenoxy) is 3. The Morgan fingerprint density at radius 1 is 0.783 bits per heavy atom. The lowest BCUT2D eigenvalue weighted by Gasteiger charge is -2.27. The molecule has 1 aromatic rings. The summed E-state index contributed by atoms with van der Waals surface area (Å²) in [6.07, 6.45) is -3.68. The summed E-state index contributed by atoms with van der Waals surface area (Å²) in [6.45, 7) is 3.16. The van der Waals surface area contributed by atoms with Crippen LogP contribution in [0, 0.1) is 5.92 Å². The van der Waals surface area contributed by atoms with Gasteiger partial charge in [-0.3, -0.25) is 28.8 Å². The van der Waals surface area contributed by atoms with E-state index in [1.165, 1.54) is 0 Å². The average Bonchev–Trinajstić information content (AvgIpc) is 3.02. The van der Waals surface area contributed by atoms with Gasteiger partial charge in [0.05, 0.1) is 26.7 Å². The van der Waals surface area contributed by atoms with E-state index in [2.05, 4.69) is 30.7 Å². The summed E-state index contributed by atoms with van der Waals surface area (Å²) >= 11 is 0. The SMILES string of the molecule is COC(=O)CCC(NC(=O)C(CC(C)C)NC(=O)OCc1ccccc1)C(=O)NC(C(=O)NC(CC(=O)OC)C(=O)CF)C(C)O. The predicted molar refractivity (Wildman–Crippen MR) is 159 cm³/mol. The zero-order chi connectivity index (χ0) is 34.8. The normalized spacial score (nSPS) is 14.0. The van der Waals surface area contributed by atoms with Gasteiger partial charge in [-0.2, -0.15) is 0 Å². The van der Waals surface area contributed by atoms with E-state index < -0.39 is 84.9 Å². The zero-order valence-electron chi connectivity index (χ0n) is 26.5. The molecule has 0 fully saturated rings. The van der Waals surface area contributed by atoms with E-state index >= 15 is 0 Å². The molecule has 0 radical (unpaired) electrons. The standard InChI is InChI=1S/C30H43FN4O11/c1-17(2)13-22(34-30(43)46-16-19-9-7-6-8-10-19)28(41)32-20(11-12-24(38)44-4)27(40)35-26(18(3)36)29(42)33-21(23(37)15-31)14-25(39)45-5/h6-10,17-18,20-22,26,36H,11-16H2,1-5H3,(H,32,41)(H,33,42)(H,34,43)(H,35,40). The minimum absolute atomic E-state index is 0.0624. The smallest absolute Gasteiger partial charge is 0.408 e. The van der Waals surface area contributed by atoms with Gasteiger partial charge in [-0.05, 0) is 31.2 Å². The van der Waals surface area contributed by atoms with Gasteiger partial charge >= 0.3 is 18.0 Å². The molecule has 0 saturated carbocycles. The Kier molecular flexibility index (Phi) is 17.5. The van der Waals surface area contributed by atoms with Crippen molar-refractivity contribution >= 4 is 41.5 Å². The molecule has 0 bridgehead atoms. The lowest BCUT2D eigenvalue weighted by molar-refractivity contribution is -0.144. The van der Waals surface area contributed by atoms with E-state index in [1.807, 2.05) is 0 Å². The summed E-state index contributed by atoms with van der Waals surface area (Å²) in [6, 6.07) is 2.78. The summed E-state index contributed by atoms with van der Waals surface area (Å²) in [5.74, 6) is -5.85.